The number of halogens is 1. The monoisotopic (exact) mass is 325 g/mol. The third-order valence-electron chi connectivity index (χ3n) is 3.63. The summed E-state index contributed by atoms with van der Waals surface area (Å²) >= 11 is 3.41. The van der Waals surface area contributed by atoms with Crippen LogP contribution in [0.15, 0.2) is 18.2 Å². The molecule has 0 spiro atoms. The second-order valence-corrected chi connectivity index (χ2v) is 5.53. The van der Waals surface area contributed by atoms with Gasteiger partial charge in [-0.1, -0.05) is 41.3 Å². The van der Waals surface area contributed by atoms with Crippen molar-refractivity contribution in [3.05, 3.63) is 29.3 Å². The zero-order chi connectivity index (χ0) is 13.7. The summed E-state index contributed by atoms with van der Waals surface area (Å²) in [4.78, 5) is 12.2. The number of carbonyl (C=O) groups is 1. The molecule has 1 aliphatic carbocycles. The van der Waals surface area contributed by atoms with Crippen LogP contribution in [0.1, 0.15) is 48.0 Å². The molecule has 1 saturated carbocycles. The van der Waals surface area contributed by atoms with Gasteiger partial charge in [0.25, 0.3) is 5.91 Å². The zero-order valence-electron chi connectivity index (χ0n) is 11.2. The number of amides is 1. The Morgan fingerprint density at radius 3 is 2.74 bits per heavy atom. The first-order chi connectivity index (χ1) is 9.24. The minimum atomic E-state index is 0.00585. The van der Waals surface area contributed by atoms with Gasteiger partial charge in [0.15, 0.2) is 0 Å². The fourth-order valence-electron chi connectivity index (χ4n) is 2.51. The van der Waals surface area contributed by atoms with Crippen LogP contribution in [0, 0.1) is 0 Å². The summed E-state index contributed by atoms with van der Waals surface area (Å²) in [6.45, 7) is 0. The van der Waals surface area contributed by atoms with Crippen molar-refractivity contribution in [2.75, 3.05) is 7.11 Å². The van der Waals surface area contributed by atoms with Crippen LogP contribution < -0.4 is 10.1 Å². The average Bonchev–Trinajstić information content (AvgIpc) is 2.47. The molecule has 1 aromatic carbocycles. The van der Waals surface area contributed by atoms with Crippen molar-refractivity contribution in [3.63, 3.8) is 0 Å². The van der Waals surface area contributed by atoms with Gasteiger partial charge in [-0.05, 0) is 25.0 Å². The number of nitrogens with one attached hydrogen (secondary N) is 1. The highest BCUT2D eigenvalue weighted by Gasteiger charge is 2.17. The molecular formula is C15H20BrNO2. The molecule has 0 aromatic heterocycles. The molecule has 0 bridgehead atoms. The summed E-state index contributed by atoms with van der Waals surface area (Å²) in [5.41, 5.74) is 1.73. The van der Waals surface area contributed by atoms with E-state index in [-0.39, 0.29) is 5.91 Å². The van der Waals surface area contributed by atoms with Gasteiger partial charge >= 0.3 is 0 Å². The Morgan fingerprint density at radius 2 is 2.11 bits per heavy atom. The van der Waals surface area contributed by atoms with E-state index in [2.05, 4.69) is 21.2 Å². The Balaban J connectivity index is 2.05. The van der Waals surface area contributed by atoms with E-state index >= 15 is 0 Å². The van der Waals surface area contributed by atoms with Gasteiger partial charge in [-0.15, -0.1) is 0 Å². The molecule has 0 atom stereocenters. The van der Waals surface area contributed by atoms with Crippen LogP contribution in [0.3, 0.4) is 0 Å². The lowest BCUT2D eigenvalue weighted by Gasteiger charge is -2.22. The van der Waals surface area contributed by atoms with Crippen LogP contribution in [-0.4, -0.2) is 19.1 Å². The first-order valence-electron chi connectivity index (χ1n) is 6.78. The molecule has 104 valence electrons. The molecule has 1 fully saturated rings. The third kappa shape index (κ3) is 3.72. The number of alkyl halides is 1. The minimum absolute atomic E-state index is 0.00585. The van der Waals surface area contributed by atoms with Crippen molar-refractivity contribution in [1.29, 1.82) is 0 Å². The van der Waals surface area contributed by atoms with Crippen LogP contribution in [0.4, 0.5) is 0 Å². The Morgan fingerprint density at radius 1 is 1.37 bits per heavy atom. The number of ether oxygens (including phenoxy) is 1. The van der Waals surface area contributed by atoms with Crippen LogP contribution >= 0.6 is 15.9 Å². The van der Waals surface area contributed by atoms with Crippen molar-refractivity contribution in [2.24, 2.45) is 0 Å². The Bertz CT molecular complexity index is 442. The van der Waals surface area contributed by atoms with E-state index in [1.54, 1.807) is 7.11 Å². The standard InChI is InChI=1S/C15H20BrNO2/c1-19-14-9-11(7-8-12(14)10-16)15(18)17-13-5-3-2-4-6-13/h7-9,13H,2-6,10H2,1H3,(H,17,18). The molecule has 1 aromatic rings. The number of hydrogen-bond donors (Lipinski definition) is 1. The smallest absolute Gasteiger partial charge is 0.251 e. The summed E-state index contributed by atoms with van der Waals surface area (Å²) in [5, 5.41) is 3.84. The lowest BCUT2D eigenvalue weighted by molar-refractivity contribution is 0.0927. The lowest BCUT2D eigenvalue weighted by atomic mass is 9.95. The molecule has 3 nitrogen and oxygen atoms in total. The summed E-state index contributed by atoms with van der Waals surface area (Å²) < 4.78 is 5.31. The van der Waals surface area contributed by atoms with Gasteiger partial charge in [-0.25, -0.2) is 0 Å². The average molecular weight is 326 g/mol. The molecule has 2 rings (SSSR count). The van der Waals surface area contributed by atoms with Crippen LogP contribution in [-0.2, 0) is 5.33 Å². The Hall–Kier alpha value is -1.03. The third-order valence-corrected chi connectivity index (χ3v) is 4.24. The van der Waals surface area contributed by atoms with Gasteiger partial charge in [0.05, 0.1) is 7.11 Å². The van der Waals surface area contributed by atoms with Gasteiger partial charge in [0, 0.05) is 22.5 Å². The van der Waals surface area contributed by atoms with E-state index in [1.807, 2.05) is 18.2 Å². The maximum atomic E-state index is 12.2. The summed E-state index contributed by atoms with van der Waals surface area (Å²) in [5.74, 6) is 0.763. The number of methoxy groups -OCH3 is 1. The van der Waals surface area contributed by atoms with E-state index in [0.29, 0.717) is 11.6 Å². The van der Waals surface area contributed by atoms with Crippen LogP contribution in [0.25, 0.3) is 0 Å². The van der Waals surface area contributed by atoms with Crippen molar-refractivity contribution >= 4 is 21.8 Å². The quantitative estimate of drug-likeness (QED) is 0.858. The van der Waals surface area contributed by atoms with Gasteiger partial charge in [-0.3, -0.25) is 4.79 Å². The van der Waals surface area contributed by atoms with Crippen LogP contribution in [0.2, 0.25) is 0 Å². The van der Waals surface area contributed by atoms with Crippen LogP contribution in [0.5, 0.6) is 5.75 Å². The molecule has 0 heterocycles. The van der Waals surface area contributed by atoms with E-state index < -0.39 is 0 Å². The molecule has 0 saturated heterocycles. The molecule has 4 heteroatoms. The zero-order valence-corrected chi connectivity index (χ0v) is 12.8. The fourth-order valence-corrected chi connectivity index (χ4v) is 2.98. The molecule has 0 aliphatic heterocycles. The van der Waals surface area contributed by atoms with Crippen molar-refractivity contribution in [1.82, 2.24) is 5.32 Å². The van der Waals surface area contributed by atoms with Gasteiger partial charge in [0.1, 0.15) is 5.75 Å². The largest absolute Gasteiger partial charge is 0.496 e. The Labute approximate surface area is 122 Å². The molecular weight excluding hydrogens is 306 g/mol. The molecule has 1 aliphatic rings. The molecule has 1 amide bonds. The summed E-state index contributed by atoms with van der Waals surface area (Å²) in [6, 6.07) is 5.94. The van der Waals surface area contributed by atoms with E-state index in [9.17, 15) is 4.79 Å². The second kappa shape index (κ2) is 6.94. The SMILES string of the molecule is COc1cc(C(=O)NC2CCCCC2)ccc1CBr. The molecule has 0 radical (unpaired) electrons. The first-order valence-corrected chi connectivity index (χ1v) is 7.90. The highest BCUT2D eigenvalue weighted by molar-refractivity contribution is 9.08. The van der Waals surface area contributed by atoms with Crippen molar-refractivity contribution in [3.8, 4) is 5.75 Å². The maximum absolute atomic E-state index is 12.2. The van der Waals surface area contributed by atoms with Crippen molar-refractivity contribution < 1.29 is 9.53 Å². The lowest BCUT2D eigenvalue weighted by Crippen LogP contribution is -2.36. The number of benzene rings is 1. The molecule has 0 unspecified atom stereocenters. The first kappa shape index (κ1) is 14.4. The summed E-state index contributed by atoms with van der Waals surface area (Å²) in [6.07, 6.45) is 5.93. The van der Waals surface area contributed by atoms with Gasteiger partial charge < -0.3 is 10.1 Å². The highest BCUT2D eigenvalue weighted by atomic mass is 79.9. The highest BCUT2D eigenvalue weighted by Crippen LogP contribution is 2.23. The van der Waals surface area contributed by atoms with Gasteiger partial charge in [0.2, 0.25) is 0 Å². The number of carbonyl (C=O) groups excluding carboxylic acids is 1. The van der Waals surface area contributed by atoms with Gasteiger partial charge in [-0.2, -0.15) is 0 Å². The number of rotatable bonds is 4. The molecule has 19 heavy (non-hydrogen) atoms. The Kier molecular flexibility index (Phi) is 5.25. The summed E-state index contributed by atoms with van der Waals surface area (Å²) in [7, 11) is 1.63. The maximum Gasteiger partial charge on any atom is 0.251 e. The second-order valence-electron chi connectivity index (χ2n) is 4.97. The normalized spacial score (nSPS) is 16.1. The predicted molar refractivity (Wildman–Crippen MR) is 80.0 cm³/mol. The fraction of sp³-hybridized carbons (Fsp3) is 0.533. The van der Waals surface area contributed by atoms with E-state index in [4.69, 9.17) is 4.74 Å². The molecule has 1 N–H and O–H groups in total. The topological polar surface area (TPSA) is 38.3 Å². The van der Waals surface area contributed by atoms with E-state index in [0.717, 1.165) is 29.5 Å². The minimum Gasteiger partial charge on any atom is -0.496 e. The van der Waals surface area contributed by atoms with Crippen molar-refractivity contribution in [2.45, 2.75) is 43.5 Å². The number of hydrogen-bond acceptors (Lipinski definition) is 2. The predicted octanol–water partition coefficient (Wildman–Crippen LogP) is 3.65. The van der Waals surface area contributed by atoms with E-state index in [1.165, 1.54) is 19.3 Å².